The number of unbranched alkanes of at least 4 members (excludes halogenated alkanes) is 3. The standard InChI is InChI=1S/C22H36O3/c1-5-9-13-18-17(12-8-4)16-21(25-22(23)24)20(15-11-7-3)19(18)14-10-6-2/h16H,5-15H2,1-4H3,(H,23,24). The number of carbonyl (C=O) groups is 1. The quantitative estimate of drug-likeness (QED) is 0.337. The van der Waals surface area contributed by atoms with Gasteiger partial charge in [-0.15, -0.1) is 0 Å². The first-order chi connectivity index (χ1) is 12.1. The Kier molecular flexibility index (Phi) is 10.3. The SMILES string of the molecule is CCCCc1c(CCC)cc(OC(=O)O)c(CCCC)c1CCCC. The number of rotatable bonds is 12. The van der Waals surface area contributed by atoms with Crippen molar-refractivity contribution in [2.75, 3.05) is 0 Å². The van der Waals surface area contributed by atoms with Gasteiger partial charge in [-0.2, -0.15) is 0 Å². The molecule has 1 rings (SSSR count). The van der Waals surface area contributed by atoms with Crippen LogP contribution < -0.4 is 4.74 Å². The van der Waals surface area contributed by atoms with Gasteiger partial charge >= 0.3 is 6.16 Å². The Balaban J connectivity index is 3.48. The third-order valence-electron chi connectivity index (χ3n) is 4.78. The number of carboxylic acid groups (broad SMARTS) is 1. The van der Waals surface area contributed by atoms with E-state index in [0.29, 0.717) is 5.75 Å². The zero-order chi connectivity index (χ0) is 18.7. The average Bonchev–Trinajstić information content (AvgIpc) is 2.58. The van der Waals surface area contributed by atoms with E-state index < -0.39 is 6.16 Å². The van der Waals surface area contributed by atoms with Crippen LogP contribution in [0.3, 0.4) is 0 Å². The van der Waals surface area contributed by atoms with Crippen LogP contribution in [0.15, 0.2) is 6.07 Å². The second-order valence-corrected chi connectivity index (χ2v) is 6.90. The zero-order valence-electron chi connectivity index (χ0n) is 16.6. The molecular formula is C22H36O3. The molecule has 1 N–H and O–H groups in total. The molecular weight excluding hydrogens is 312 g/mol. The van der Waals surface area contributed by atoms with Crippen molar-refractivity contribution in [2.24, 2.45) is 0 Å². The van der Waals surface area contributed by atoms with Gasteiger partial charge in [-0.3, -0.25) is 0 Å². The third-order valence-corrected chi connectivity index (χ3v) is 4.78. The molecule has 0 aromatic heterocycles. The lowest BCUT2D eigenvalue weighted by Crippen LogP contribution is -2.12. The molecule has 0 aliphatic rings. The van der Waals surface area contributed by atoms with Gasteiger partial charge < -0.3 is 9.84 Å². The van der Waals surface area contributed by atoms with Gasteiger partial charge in [-0.1, -0.05) is 53.4 Å². The van der Waals surface area contributed by atoms with Crippen LogP contribution in [-0.4, -0.2) is 11.3 Å². The van der Waals surface area contributed by atoms with Crippen LogP contribution in [0.25, 0.3) is 0 Å². The number of benzene rings is 1. The molecule has 0 atom stereocenters. The number of aryl methyl sites for hydroxylation is 1. The highest BCUT2D eigenvalue weighted by Crippen LogP contribution is 2.34. The van der Waals surface area contributed by atoms with Gasteiger partial charge in [0.25, 0.3) is 0 Å². The van der Waals surface area contributed by atoms with Gasteiger partial charge in [0.2, 0.25) is 0 Å². The molecule has 0 spiro atoms. The van der Waals surface area contributed by atoms with E-state index in [0.717, 1.165) is 63.4 Å². The molecule has 1 aromatic rings. The summed E-state index contributed by atoms with van der Waals surface area (Å²) in [5.41, 5.74) is 5.29. The number of ether oxygens (including phenoxy) is 1. The fraction of sp³-hybridized carbons (Fsp3) is 0.682. The Hall–Kier alpha value is -1.51. The van der Waals surface area contributed by atoms with Gasteiger partial charge in [0.1, 0.15) is 5.75 Å². The molecule has 3 heteroatoms. The highest BCUT2D eigenvalue weighted by Gasteiger charge is 2.19. The van der Waals surface area contributed by atoms with Crippen LogP contribution in [0.4, 0.5) is 4.79 Å². The number of hydrogen-bond donors (Lipinski definition) is 1. The minimum Gasteiger partial charge on any atom is -0.449 e. The van der Waals surface area contributed by atoms with E-state index in [1.54, 1.807) is 0 Å². The molecule has 0 saturated carbocycles. The van der Waals surface area contributed by atoms with Crippen LogP contribution in [0.2, 0.25) is 0 Å². The largest absolute Gasteiger partial charge is 0.511 e. The second-order valence-electron chi connectivity index (χ2n) is 6.90. The lowest BCUT2D eigenvalue weighted by atomic mass is 9.85. The molecule has 1 aromatic carbocycles. The summed E-state index contributed by atoms with van der Waals surface area (Å²) >= 11 is 0. The molecule has 25 heavy (non-hydrogen) atoms. The van der Waals surface area contributed by atoms with Crippen molar-refractivity contribution >= 4 is 6.16 Å². The predicted octanol–water partition coefficient (Wildman–Crippen LogP) is 6.72. The fourth-order valence-electron chi connectivity index (χ4n) is 3.48. The van der Waals surface area contributed by atoms with E-state index >= 15 is 0 Å². The molecule has 0 aliphatic heterocycles. The lowest BCUT2D eigenvalue weighted by molar-refractivity contribution is 0.144. The lowest BCUT2D eigenvalue weighted by Gasteiger charge is -2.22. The third kappa shape index (κ3) is 6.72. The predicted molar refractivity (Wildman–Crippen MR) is 105 cm³/mol. The van der Waals surface area contributed by atoms with Crippen LogP contribution >= 0.6 is 0 Å². The van der Waals surface area contributed by atoms with E-state index in [-0.39, 0.29) is 0 Å². The highest BCUT2D eigenvalue weighted by molar-refractivity contribution is 5.64. The minimum absolute atomic E-state index is 0.579. The summed E-state index contributed by atoms with van der Waals surface area (Å²) in [4.78, 5) is 11.2. The topological polar surface area (TPSA) is 46.5 Å². The molecule has 0 aliphatic carbocycles. The summed E-state index contributed by atoms with van der Waals surface area (Å²) < 4.78 is 5.23. The van der Waals surface area contributed by atoms with Crippen molar-refractivity contribution in [3.05, 3.63) is 28.3 Å². The average molecular weight is 349 g/mol. The van der Waals surface area contributed by atoms with Gasteiger partial charge in [0.05, 0.1) is 0 Å². The normalized spacial score (nSPS) is 10.9. The van der Waals surface area contributed by atoms with E-state index in [1.165, 1.54) is 29.5 Å². The first-order valence-electron chi connectivity index (χ1n) is 10.2. The highest BCUT2D eigenvalue weighted by atomic mass is 16.7. The van der Waals surface area contributed by atoms with E-state index in [1.807, 2.05) is 6.07 Å². The molecule has 0 bridgehead atoms. The monoisotopic (exact) mass is 348 g/mol. The Morgan fingerprint density at radius 3 is 1.80 bits per heavy atom. The van der Waals surface area contributed by atoms with Crippen LogP contribution in [0.1, 0.15) is 94.9 Å². The van der Waals surface area contributed by atoms with Crippen LogP contribution in [0.5, 0.6) is 5.75 Å². The van der Waals surface area contributed by atoms with Crippen molar-refractivity contribution in [1.29, 1.82) is 0 Å². The maximum Gasteiger partial charge on any atom is 0.511 e. The summed E-state index contributed by atoms with van der Waals surface area (Å²) in [5.74, 6) is 0.579. The maximum absolute atomic E-state index is 11.2. The van der Waals surface area contributed by atoms with Crippen LogP contribution in [0, 0.1) is 0 Å². The van der Waals surface area contributed by atoms with Gasteiger partial charge in [-0.05, 0) is 73.3 Å². The molecule has 0 radical (unpaired) electrons. The van der Waals surface area contributed by atoms with Crippen molar-refractivity contribution < 1.29 is 14.6 Å². The second kappa shape index (κ2) is 11.9. The fourth-order valence-corrected chi connectivity index (χ4v) is 3.48. The smallest absolute Gasteiger partial charge is 0.449 e. The Morgan fingerprint density at radius 1 is 0.800 bits per heavy atom. The van der Waals surface area contributed by atoms with Crippen molar-refractivity contribution in [3.63, 3.8) is 0 Å². The molecule has 0 heterocycles. The van der Waals surface area contributed by atoms with Gasteiger partial charge in [0.15, 0.2) is 0 Å². The van der Waals surface area contributed by atoms with Crippen LogP contribution in [-0.2, 0) is 25.7 Å². The van der Waals surface area contributed by atoms with Crippen molar-refractivity contribution in [2.45, 2.75) is 98.3 Å². The van der Waals surface area contributed by atoms with E-state index in [4.69, 9.17) is 4.74 Å². The molecule has 0 fully saturated rings. The van der Waals surface area contributed by atoms with E-state index in [2.05, 4.69) is 27.7 Å². The molecule has 0 saturated heterocycles. The molecule has 0 amide bonds. The molecule has 142 valence electrons. The van der Waals surface area contributed by atoms with Gasteiger partial charge in [0, 0.05) is 0 Å². The summed E-state index contributed by atoms with van der Waals surface area (Å²) in [6.07, 6.45) is 10.7. The summed E-state index contributed by atoms with van der Waals surface area (Å²) in [7, 11) is 0. The molecule has 0 unspecified atom stereocenters. The molecule has 3 nitrogen and oxygen atoms in total. The first kappa shape index (κ1) is 21.5. The number of hydrogen-bond acceptors (Lipinski definition) is 2. The van der Waals surface area contributed by atoms with Crippen molar-refractivity contribution in [1.82, 2.24) is 0 Å². The maximum atomic E-state index is 11.2. The Labute approximate surface area is 153 Å². The minimum atomic E-state index is -1.21. The summed E-state index contributed by atoms with van der Waals surface area (Å²) in [6, 6.07) is 2.02. The van der Waals surface area contributed by atoms with Gasteiger partial charge in [-0.25, -0.2) is 4.79 Å². The zero-order valence-corrected chi connectivity index (χ0v) is 16.6. The van der Waals surface area contributed by atoms with E-state index in [9.17, 15) is 9.90 Å². The summed E-state index contributed by atoms with van der Waals surface area (Å²) in [5, 5.41) is 9.19. The Morgan fingerprint density at radius 2 is 1.32 bits per heavy atom. The Bertz CT molecular complexity index is 535. The summed E-state index contributed by atoms with van der Waals surface area (Å²) in [6.45, 7) is 8.79. The first-order valence-corrected chi connectivity index (χ1v) is 10.2. The van der Waals surface area contributed by atoms with Crippen molar-refractivity contribution in [3.8, 4) is 5.75 Å².